The van der Waals surface area contributed by atoms with E-state index in [1.54, 1.807) is 0 Å². The summed E-state index contributed by atoms with van der Waals surface area (Å²) in [6.07, 6.45) is 1.96. The number of hydrogen-bond donors (Lipinski definition) is 2. The van der Waals surface area contributed by atoms with E-state index in [9.17, 15) is 4.79 Å². The van der Waals surface area contributed by atoms with Gasteiger partial charge in [0.05, 0.1) is 0 Å². The van der Waals surface area contributed by atoms with E-state index in [0.29, 0.717) is 6.54 Å². The van der Waals surface area contributed by atoms with Gasteiger partial charge >= 0.3 is 0 Å². The number of carbonyl (C=O) groups is 1. The lowest BCUT2D eigenvalue weighted by Crippen LogP contribution is -2.47. The van der Waals surface area contributed by atoms with Crippen LogP contribution < -0.4 is 11.1 Å². The number of carbonyl (C=O) groups excluding carboxylic acids is 1. The second-order valence-electron chi connectivity index (χ2n) is 2.99. The number of nitrogens with zero attached hydrogens (tertiary/aromatic N) is 1. The van der Waals surface area contributed by atoms with Gasteiger partial charge in [0.25, 0.3) is 0 Å². The van der Waals surface area contributed by atoms with Crippen LogP contribution in [0.4, 0.5) is 0 Å². The molecular weight excluding hydrogens is 154 g/mol. The summed E-state index contributed by atoms with van der Waals surface area (Å²) in [4.78, 5) is 10.8. The molecule has 1 amide bonds. The molecule has 0 bridgehead atoms. The van der Waals surface area contributed by atoms with E-state index in [1.165, 1.54) is 5.69 Å². The Morgan fingerprint density at radius 3 is 3.33 bits per heavy atom. The lowest BCUT2D eigenvalue weighted by atomic mass is 10.2. The highest BCUT2D eigenvalue weighted by molar-refractivity contribution is 5.79. The Morgan fingerprint density at radius 1 is 1.75 bits per heavy atom. The Kier molecular flexibility index (Phi) is 1.62. The van der Waals surface area contributed by atoms with Crippen LogP contribution in [0.3, 0.4) is 0 Å². The summed E-state index contributed by atoms with van der Waals surface area (Å²) in [5, 5.41) is 3.07. The number of nitrogens with two attached hydrogens (primary N) is 1. The first-order valence-electron chi connectivity index (χ1n) is 3.94. The molecule has 0 aromatic carbocycles. The van der Waals surface area contributed by atoms with Crippen molar-refractivity contribution in [2.24, 2.45) is 5.73 Å². The molecule has 4 nitrogen and oxygen atoms in total. The van der Waals surface area contributed by atoms with Crippen molar-refractivity contribution in [3.05, 3.63) is 24.0 Å². The molecule has 0 fully saturated rings. The summed E-state index contributed by atoms with van der Waals surface area (Å²) in [5.41, 5.74) is 6.38. The van der Waals surface area contributed by atoms with E-state index in [-0.39, 0.29) is 11.9 Å². The zero-order valence-electron chi connectivity index (χ0n) is 6.66. The van der Waals surface area contributed by atoms with Crippen molar-refractivity contribution in [2.45, 2.75) is 19.1 Å². The molecule has 1 aromatic heterocycles. The minimum atomic E-state index is -0.283. The topological polar surface area (TPSA) is 60.1 Å². The van der Waals surface area contributed by atoms with E-state index < -0.39 is 0 Å². The summed E-state index contributed by atoms with van der Waals surface area (Å²) in [7, 11) is 0. The van der Waals surface area contributed by atoms with Crippen LogP contribution in [0.5, 0.6) is 0 Å². The van der Waals surface area contributed by atoms with Crippen molar-refractivity contribution < 1.29 is 4.79 Å². The molecule has 1 aromatic rings. The molecule has 3 N–H and O–H groups in total. The van der Waals surface area contributed by atoms with Gasteiger partial charge < -0.3 is 10.3 Å². The molecule has 12 heavy (non-hydrogen) atoms. The predicted molar refractivity (Wildman–Crippen MR) is 44.3 cm³/mol. The third-order valence-corrected chi connectivity index (χ3v) is 2.18. The highest BCUT2D eigenvalue weighted by Gasteiger charge is 2.20. The van der Waals surface area contributed by atoms with E-state index in [2.05, 4.69) is 5.32 Å². The van der Waals surface area contributed by atoms with Crippen molar-refractivity contribution in [1.82, 2.24) is 9.88 Å². The van der Waals surface area contributed by atoms with Gasteiger partial charge in [-0.15, -0.1) is 0 Å². The van der Waals surface area contributed by atoms with Crippen LogP contribution in [0.15, 0.2) is 18.3 Å². The molecule has 1 aliphatic heterocycles. The fourth-order valence-electron chi connectivity index (χ4n) is 1.47. The molecule has 0 radical (unpaired) electrons. The van der Waals surface area contributed by atoms with Gasteiger partial charge in [0, 0.05) is 25.0 Å². The predicted octanol–water partition coefficient (Wildman–Crippen LogP) is -0.555. The zero-order valence-corrected chi connectivity index (χ0v) is 6.66. The number of aromatic nitrogens is 1. The molecule has 1 atom stereocenters. The second-order valence-corrected chi connectivity index (χ2v) is 2.99. The monoisotopic (exact) mass is 165 g/mol. The zero-order chi connectivity index (χ0) is 8.55. The third-order valence-electron chi connectivity index (χ3n) is 2.18. The lowest BCUT2D eigenvalue weighted by molar-refractivity contribution is -0.120. The van der Waals surface area contributed by atoms with Crippen LogP contribution >= 0.6 is 0 Å². The molecule has 0 aliphatic carbocycles. The van der Waals surface area contributed by atoms with E-state index in [0.717, 1.165) is 6.54 Å². The Morgan fingerprint density at radius 2 is 2.58 bits per heavy atom. The van der Waals surface area contributed by atoms with Gasteiger partial charge in [-0.25, -0.2) is 0 Å². The number of rotatable bonds is 1. The summed E-state index contributed by atoms with van der Waals surface area (Å²) >= 11 is 0. The molecule has 4 heteroatoms. The molecule has 2 heterocycles. The molecular formula is C8H11N3O. The summed E-state index contributed by atoms with van der Waals surface area (Å²) in [6.45, 7) is 1.37. The molecule has 2 rings (SSSR count). The van der Waals surface area contributed by atoms with Gasteiger partial charge in [-0.3, -0.25) is 10.1 Å². The minimum absolute atomic E-state index is 0.218. The number of nitrogens with one attached hydrogen (secondary N) is 1. The number of hydrogen-bond acceptors (Lipinski definition) is 2. The van der Waals surface area contributed by atoms with Crippen LogP contribution in [-0.2, 0) is 17.9 Å². The molecule has 1 unspecified atom stereocenters. The second kappa shape index (κ2) is 2.64. The molecule has 0 saturated heterocycles. The molecule has 1 aliphatic rings. The Hall–Kier alpha value is -1.29. The Bertz CT molecular complexity index is 305. The first-order valence-corrected chi connectivity index (χ1v) is 3.94. The third kappa shape index (κ3) is 1.10. The average Bonchev–Trinajstić information content (AvgIpc) is 2.49. The number of fused-ring (bicyclic) bond motifs is 1. The van der Waals surface area contributed by atoms with Crippen LogP contribution in [-0.4, -0.2) is 16.5 Å². The van der Waals surface area contributed by atoms with Gasteiger partial charge in [-0.2, -0.15) is 0 Å². The van der Waals surface area contributed by atoms with Crippen LogP contribution in [0.1, 0.15) is 5.69 Å². The number of amides is 1. The van der Waals surface area contributed by atoms with Gasteiger partial charge in [0.2, 0.25) is 5.91 Å². The molecule has 0 saturated carbocycles. The van der Waals surface area contributed by atoms with E-state index in [4.69, 9.17) is 5.73 Å². The van der Waals surface area contributed by atoms with Gasteiger partial charge in [-0.1, -0.05) is 0 Å². The Labute approximate surface area is 70.4 Å². The first-order chi connectivity index (χ1) is 5.77. The fraction of sp³-hybridized carbons (Fsp3) is 0.375. The summed E-state index contributed by atoms with van der Waals surface area (Å²) in [5.74, 6) is -0.283. The van der Waals surface area contributed by atoms with Crippen molar-refractivity contribution in [3.63, 3.8) is 0 Å². The largest absolute Gasteiger partial charge is 0.368 e. The minimum Gasteiger partial charge on any atom is -0.368 e. The standard InChI is InChI=1S/C8H11N3O/c9-8(12)7-5-11-3-1-2-6(11)4-10-7/h1-3,7,10H,4-5H2,(H2,9,12). The lowest BCUT2D eigenvalue weighted by Gasteiger charge is -2.23. The van der Waals surface area contributed by atoms with Gasteiger partial charge in [0.15, 0.2) is 0 Å². The Balaban J connectivity index is 2.20. The van der Waals surface area contributed by atoms with Crippen LogP contribution in [0.2, 0.25) is 0 Å². The van der Waals surface area contributed by atoms with Crippen LogP contribution in [0, 0.1) is 0 Å². The van der Waals surface area contributed by atoms with Crippen molar-refractivity contribution in [3.8, 4) is 0 Å². The van der Waals surface area contributed by atoms with Crippen molar-refractivity contribution in [2.75, 3.05) is 0 Å². The van der Waals surface area contributed by atoms with Gasteiger partial charge in [0.1, 0.15) is 6.04 Å². The highest BCUT2D eigenvalue weighted by atomic mass is 16.1. The van der Waals surface area contributed by atoms with Crippen molar-refractivity contribution in [1.29, 1.82) is 0 Å². The molecule has 0 spiro atoms. The van der Waals surface area contributed by atoms with Crippen LogP contribution in [0.25, 0.3) is 0 Å². The maximum absolute atomic E-state index is 10.8. The SMILES string of the molecule is NC(=O)C1Cn2cccc2CN1. The maximum atomic E-state index is 10.8. The maximum Gasteiger partial charge on any atom is 0.236 e. The molecule has 64 valence electrons. The quantitative estimate of drug-likeness (QED) is 0.586. The van der Waals surface area contributed by atoms with Crippen molar-refractivity contribution >= 4 is 5.91 Å². The van der Waals surface area contributed by atoms with E-state index in [1.807, 2.05) is 22.9 Å². The average molecular weight is 165 g/mol. The fourth-order valence-corrected chi connectivity index (χ4v) is 1.47. The highest BCUT2D eigenvalue weighted by Crippen LogP contribution is 2.08. The number of primary amides is 1. The summed E-state index contributed by atoms with van der Waals surface area (Å²) < 4.78 is 2.05. The normalized spacial score (nSPS) is 21.8. The van der Waals surface area contributed by atoms with Gasteiger partial charge in [-0.05, 0) is 12.1 Å². The first kappa shape index (κ1) is 7.36. The smallest absolute Gasteiger partial charge is 0.236 e. The van der Waals surface area contributed by atoms with E-state index >= 15 is 0 Å². The summed E-state index contributed by atoms with van der Waals surface area (Å²) in [6, 6.07) is 3.79.